The lowest BCUT2D eigenvalue weighted by Gasteiger charge is -2.28. The van der Waals surface area contributed by atoms with Crippen LogP contribution in [0.3, 0.4) is 0 Å². The van der Waals surface area contributed by atoms with Crippen LogP contribution in [0.4, 0.5) is 0 Å². The van der Waals surface area contributed by atoms with Gasteiger partial charge >= 0.3 is 0 Å². The highest BCUT2D eigenvalue weighted by atomic mass is 16.3. The van der Waals surface area contributed by atoms with Gasteiger partial charge in [-0.15, -0.1) is 0 Å². The molecule has 1 aliphatic carbocycles. The van der Waals surface area contributed by atoms with E-state index in [4.69, 9.17) is 0 Å². The molecule has 0 aromatic rings. The van der Waals surface area contributed by atoms with Crippen molar-refractivity contribution in [1.29, 1.82) is 0 Å². The molecule has 2 rings (SSSR count). The summed E-state index contributed by atoms with van der Waals surface area (Å²) < 4.78 is 0. The molecule has 0 spiro atoms. The molecule has 2 nitrogen and oxygen atoms in total. The summed E-state index contributed by atoms with van der Waals surface area (Å²) >= 11 is 0. The van der Waals surface area contributed by atoms with Gasteiger partial charge in [-0.2, -0.15) is 0 Å². The normalized spacial score (nSPS) is 31.2. The predicted octanol–water partition coefficient (Wildman–Crippen LogP) is 2.41. The lowest BCUT2D eigenvalue weighted by molar-refractivity contribution is 0.0148. The van der Waals surface area contributed by atoms with Crippen LogP contribution in [0, 0.1) is 5.92 Å². The van der Waals surface area contributed by atoms with Crippen LogP contribution in [0.2, 0.25) is 0 Å². The Labute approximate surface area is 93.7 Å². The van der Waals surface area contributed by atoms with Gasteiger partial charge in [0, 0.05) is 13.1 Å². The summed E-state index contributed by atoms with van der Waals surface area (Å²) in [5, 5.41) is 10.3. The molecule has 1 N–H and O–H groups in total. The van der Waals surface area contributed by atoms with Crippen LogP contribution in [-0.2, 0) is 0 Å². The van der Waals surface area contributed by atoms with Crippen molar-refractivity contribution in [2.75, 3.05) is 19.6 Å². The third-order valence-corrected chi connectivity index (χ3v) is 4.12. The average Bonchev–Trinajstić information content (AvgIpc) is 2.77. The average molecular weight is 211 g/mol. The maximum atomic E-state index is 10.3. The van der Waals surface area contributed by atoms with E-state index in [1.807, 2.05) is 0 Å². The molecule has 1 heterocycles. The SMILES string of the molecule is CCCC1CCN(CC2(O)CCCC2)C1. The molecule has 1 saturated carbocycles. The van der Waals surface area contributed by atoms with Gasteiger partial charge in [-0.1, -0.05) is 26.2 Å². The van der Waals surface area contributed by atoms with E-state index in [1.54, 1.807) is 0 Å². The molecular formula is C13H25NO. The van der Waals surface area contributed by atoms with Gasteiger partial charge in [0.2, 0.25) is 0 Å². The minimum Gasteiger partial charge on any atom is -0.389 e. The predicted molar refractivity (Wildman–Crippen MR) is 62.9 cm³/mol. The van der Waals surface area contributed by atoms with Gasteiger partial charge in [-0.3, -0.25) is 0 Å². The van der Waals surface area contributed by atoms with Crippen molar-refractivity contribution in [3.05, 3.63) is 0 Å². The minimum atomic E-state index is -0.332. The molecule has 1 unspecified atom stereocenters. The van der Waals surface area contributed by atoms with Gasteiger partial charge < -0.3 is 10.0 Å². The summed E-state index contributed by atoms with van der Waals surface area (Å²) in [7, 11) is 0. The molecule has 1 aliphatic heterocycles. The zero-order valence-electron chi connectivity index (χ0n) is 10.0. The summed E-state index contributed by atoms with van der Waals surface area (Å²) in [4.78, 5) is 2.49. The van der Waals surface area contributed by atoms with Crippen molar-refractivity contribution in [3.8, 4) is 0 Å². The van der Waals surface area contributed by atoms with E-state index >= 15 is 0 Å². The summed E-state index contributed by atoms with van der Waals surface area (Å²) in [5.74, 6) is 0.903. The molecular weight excluding hydrogens is 186 g/mol. The monoisotopic (exact) mass is 211 g/mol. The number of hydrogen-bond donors (Lipinski definition) is 1. The first-order valence-corrected chi connectivity index (χ1v) is 6.66. The van der Waals surface area contributed by atoms with E-state index in [1.165, 1.54) is 45.2 Å². The molecule has 2 aliphatic rings. The van der Waals surface area contributed by atoms with Crippen LogP contribution < -0.4 is 0 Å². The fourth-order valence-electron chi connectivity index (χ4n) is 3.31. The minimum absolute atomic E-state index is 0.332. The number of nitrogens with zero attached hydrogens (tertiary/aromatic N) is 1. The second-order valence-corrected chi connectivity index (χ2v) is 5.61. The third kappa shape index (κ3) is 2.94. The van der Waals surface area contributed by atoms with E-state index in [2.05, 4.69) is 11.8 Å². The number of rotatable bonds is 4. The van der Waals surface area contributed by atoms with E-state index in [-0.39, 0.29) is 5.60 Å². The first-order chi connectivity index (χ1) is 7.22. The zero-order valence-corrected chi connectivity index (χ0v) is 10.0. The Kier molecular flexibility index (Phi) is 3.68. The second-order valence-electron chi connectivity index (χ2n) is 5.61. The Morgan fingerprint density at radius 1 is 1.33 bits per heavy atom. The van der Waals surface area contributed by atoms with Crippen LogP contribution >= 0.6 is 0 Å². The molecule has 0 aromatic carbocycles. The van der Waals surface area contributed by atoms with Crippen molar-refractivity contribution in [2.24, 2.45) is 5.92 Å². The molecule has 1 saturated heterocycles. The smallest absolute Gasteiger partial charge is 0.0774 e. The largest absolute Gasteiger partial charge is 0.389 e. The molecule has 88 valence electrons. The second kappa shape index (κ2) is 4.84. The van der Waals surface area contributed by atoms with Gasteiger partial charge in [0.15, 0.2) is 0 Å². The highest BCUT2D eigenvalue weighted by molar-refractivity contribution is 4.89. The first-order valence-electron chi connectivity index (χ1n) is 6.66. The highest BCUT2D eigenvalue weighted by Gasteiger charge is 2.35. The number of β-amino-alcohol motifs (C(OH)–C–C–N with tert-alkyl or cyclic N) is 1. The summed E-state index contributed by atoms with van der Waals surface area (Å²) in [6.07, 6.45) is 8.54. The van der Waals surface area contributed by atoms with Gasteiger partial charge in [-0.25, -0.2) is 0 Å². The number of hydrogen-bond acceptors (Lipinski definition) is 2. The van der Waals surface area contributed by atoms with E-state index in [0.717, 1.165) is 25.3 Å². The molecule has 0 bridgehead atoms. The van der Waals surface area contributed by atoms with Crippen LogP contribution in [-0.4, -0.2) is 35.2 Å². The van der Waals surface area contributed by atoms with Crippen molar-refractivity contribution < 1.29 is 5.11 Å². The van der Waals surface area contributed by atoms with Gasteiger partial charge in [0.05, 0.1) is 5.60 Å². The number of likely N-dealkylation sites (tertiary alicyclic amines) is 1. The van der Waals surface area contributed by atoms with Crippen LogP contribution in [0.15, 0.2) is 0 Å². The van der Waals surface area contributed by atoms with Gasteiger partial charge in [0.1, 0.15) is 0 Å². The Hall–Kier alpha value is -0.0800. The maximum Gasteiger partial charge on any atom is 0.0774 e. The van der Waals surface area contributed by atoms with Crippen molar-refractivity contribution in [1.82, 2.24) is 4.90 Å². The Morgan fingerprint density at radius 2 is 2.07 bits per heavy atom. The Bertz CT molecular complexity index is 199. The summed E-state index contributed by atoms with van der Waals surface area (Å²) in [6, 6.07) is 0. The van der Waals surface area contributed by atoms with Crippen LogP contribution in [0.1, 0.15) is 51.9 Å². The molecule has 15 heavy (non-hydrogen) atoms. The van der Waals surface area contributed by atoms with Gasteiger partial charge in [0.25, 0.3) is 0 Å². The van der Waals surface area contributed by atoms with Crippen LogP contribution in [0.25, 0.3) is 0 Å². The molecule has 2 fully saturated rings. The summed E-state index contributed by atoms with van der Waals surface area (Å²) in [6.45, 7) is 5.66. The molecule has 0 amide bonds. The Morgan fingerprint density at radius 3 is 2.73 bits per heavy atom. The quantitative estimate of drug-likeness (QED) is 0.772. The Balaban J connectivity index is 1.76. The highest BCUT2D eigenvalue weighted by Crippen LogP contribution is 2.32. The lowest BCUT2D eigenvalue weighted by atomic mass is 10.0. The van der Waals surface area contributed by atoms with E-state index < -0.39 is 0 Å². The topological polar surface area (TPSA) is 23.5 Å². The number of aliphatic hydroxyl groups is 1. The molecule has 2 heteroatoms. The molecule has 0 aromatic heterocycles. The molecule has 1 atom stereocenters. The first kappa shape index (κ1) is 11.4. The fourth-order valence-corrected chi connectivity index (χ4v) is 3.31. The van der Waals surface area contributed by atoms with Gasteiger partial charge in [-0.05, 0) is 38.1 Å². The van der Waals surface area contributed by atoms with Crippen LogP contribution in [0.5, 0.6) is 0 Å². The third-order valence-electron chi connectivity index (χ3n) is 4.12. The van der Waals surface area contributed by atoms with E-state index in [9.17, 15) is 5.11 Å². The maximum absolute atomic E-state index is 10.3. The van der Waals surface area contributed by atoms with Crippen molar-refractivity contribution in [3.63, 3.8) is 0 Å². The zero-order chi connectivity index (χ0) is 10.7. The summed E-state index contributed by atoms with van der Waals surface area (Å²) in [5.41, 5.74) is -0.332. The van der Waals surface area contributed by atoms with Crippen molar-refractivity contribution in [2.45, 2.75) is 57.5 Å². The lowest BCUT2D eigenvalue weighted by Crippen LogP contribution is -2.40. The van der Waals surface area contributed by atoms with E-state index in [0.29, 0.717) is 0 Å². The fraction of sp³-hybridized carbons (Fsp3) is 1.00. The standard InChI is InChI=1S/C13H25NO/c1-2-5-12-6-9-14(10-12)11-13(15)7-3-4-8-13/h12,15H,2-11H2,1H3. The molecule has 0 radical (unpaired) electrons. The van der Waals surface area contributed by atoms with Crippen molar-refractivity contribution >= 4 is 0 Å².